The second-order valence-electron chi connectivity index (χ2n) is 11.6. The van der Waals surface area contributed by atoms with Crippen molar-refractivity contribution < 1.29 is 37.1 Å². The van der Waals surface area contributed by atoms with E-state index in [4.69, 9.17) is 0 Å². The first kappa shape index (κ1) is 27.8. The smallest absolute Gasteiger partial charge is 0.432 e. The number of fused-ring (bicyclic) bond motifs is 3. The van der Waals surface area contributed by atoms with Crippen LogP contribution in [-0.2, 0) is 16.3 Å². The Balaban J connectivity index is 1.14. The van der Waals surface area contributed by atoms with E-state index in [1.54, 1.807) is 24.3 Å². The quantitative estimate of drug-likeness (QED) is 0.118. The van der Waals surface area contributed by atoms with Crippen molar-refractivity contribution in [2.75, 3.05) is 19.0 Å². The zero-order chi connectivity index (χ0) is 32.1. The molecule has 0 bridgehead atoms. The van der Waals surface area contributed by atoms with Gasteiger partial charge in [-0.25, -0.2) is 4.79 Å². The molecule has 2 fully saturated rings. The molecule has 1 aliphatic heterocycles. The number of carbonyl (C=O) groups is 4. The van der Waals surface area contributed by atoms with Gasteiger partial charge in [0.05, 0.1) is 40.7 Å². The Morgan fingerprint density at radius 2 is 1.85 bits per heavy atom. The number of nitrogens with one attached hydrogen (secondary N) is 4. The van der Waals surface area contributed by atoms with Crippen molar-refractivity contribution in [2.24, 2.45) is 5.92 Å². The van der Waals surface area contributed by atoms with Gasteiger partial charge in [-0.1, -0.05) is 18.2 Å². The largest absolute Gasteiger partial charge is 0.465 e. The maximum Gasteiger partial charge on any atom is 0.432 e. The lowest BCUT2D eigenvalue weighted by molar-refractivity contribution is -0.141. The number of carbonyl (C=O) groups excluding carboxylic acids is 4. The number of benzene rings is 2. The number of aromatic nitrogens is 3. The number of rotatable bonds is 5. The van der Waals surface area contributed by atoms with E-state index >= 15 is 0 Å². The molecule has 3 aliphatic rings. The molecule has 13 heteroatoms. The minimum absolute atomic E-state index is 0.0355. The number of H-pyrrole nitrogens is 2. The van der Waals surface area contributed by atoms with Gasteiger partial charge in [0.25, 0.3) is 5.91 Å². The van der Waals surface area contributed by atoms with Gasteiger partial charge >= 0.3 is 12.1 Å². The van der Waals surface area contributed by atoms with Gasteiger partial charge in [0.2, 0.25) is 11.6 Å². The standard InChI is InChI=1S/C33H22F3N5O5/c1-46-31(45)22-24-25(41-29(22)33(34,35)36)27(43)23(28-32(24)11-17(32)13-38-28)26(42)21-10-15-9-18(6-7-20(15)40-21)39-30(44)16-8-14-4-2-3-5-19(14)37-12-16/h2-10,12,17,38,40-41H,11,13H2,1H3,(H,39,44). The molecule has 2 aliphatic carbocycles. The summed E-state index contributed by atoms with van der Waals surface area (Å²) in [4.78, 5) is 62.9. The monoisotopic (exact) mass is 625 g/mol. The van der Waals surface area contributed by atoms with Gasteiger partial charge in [0.15, 0.2) is 0 Å². The summed E-state index contributed by atoms with van der Waals surface area (Å²) in [5.74, 6) is -3.46. The molecule has 10 nitrogen and oxygen atoms in total. The lowest BCUT2D eigenvalue weighted by Crippen LogP contribution is -2.33. The molecular formula is C33H22F3N5O5. The summed E-state index contributed by atoms with van der Waals surface area (Å²) in [6.07, 6.45) is -3.13. The van der Waals surface area contributed by atoms with Crippen molar-refractivity contribution >= 4 is 50.9 Å². The van der Waals surface area contributed by atoms with Crippen LogP contribution in [0.4, 0.5) is 18.9 Å². The molecule has 2 atom stereocenters. The van der Waals surface area contributed by atoms with E-state index in [1.807, 2.05) is 24.3 Å². The highest BCUT2D eigenvalue weighted by Crippen LogP contribution is 2.66. The van der Waals surface area contributed by atoms with E-state index < -0.39 is 46.1 Å². The molecule has 1 spiro atoms. The summed E-state index contributed by atoms with van der Waals surface area (Å²) in [5, 5.41) is 7.26. The molecule has 5 aromatic rings. The van der Waals surface area contributed by atoms with E-state index in [2.05, 4.69) is 30.3 Å². The first-order valence-corrected chi connectivity index (χ1v) is 14.3. The number of alkyl halides is 3. The van der Waals surface area contributed by atoms with Gasteiger partial charge < -0.3 is 25.3 Å². The van der Waals surface area contributed by atoms with Crippen molar-refractivity contribution in [3.63, 3.8) is 0 Å². The Labute approximate surface area is 257 Å². The van der Waals surface area contributed by atoms with Crippen LogP contribution in [0.25, 0.3) is 21.8 Å². The summed E-state index contributed by atoms with van der Waals surface area (Å²) < 4.78 is 46.9. The molecule has 8 rings (SSSR count). The summed E-state index contributed by atoms with van der Waals surface area (Å²) in [5.41, 5.74) is -1.67. The average molecular weight is 626 g/mol. The molecule has 4 N–H and O–H groups in total. The maximum atomic E-state index is 14.1. The number of ketones is 2. The highest BCUT2D eigenvalue weighted by Gasteiger charge is 2.68. The van der Waals surface area contributed by atoms with Gasteiger partial charge in [-0.05, 0) is 48.7 Å². The Morgan fingerprint density at radius 1 is 1.04 bits per heavy atom. The number of nitrogens with zero attached hydrogens (tertiary/aromatic N) is 1. The number of aromatic amines is 2. The number of methoxy groups -OCH3 is 1. The van der Waals surface area contributed by atoms with Gasteiger partial charge in [-0.2, -0.15) is 13.2 Å². The van der Waals surface area contributed by atoms with Crippen LogP contribution in [0.5, 0.6) is 0 Å². The van der Waals surface area contributed by atoms with Gasteiger partial charge in [-0.3, -0.25) is 19.4 Å². The fraction of sp³-hybridized carbons (Fsp3) is 0.182. The second-order valence-corrected chi connectivity index (χ2v) is 11.6. The van der Waals surface area contributed by atoms with Crippen molar-refractivity contribution in [1.82, 2.24) is 20.3 Å². The number of anilines is 1. The van der Waals surface area contributed by atoms with Crippen molar-refractivity contribution in [2.45, 2.75) is 18.0 Å². The van der Waals surface area contributed by atoms with Crippen LogP contribution in [0.1, 0.15) is 59.4 Å². The second kappa shape index (κ2) is 9.39. The molecule has 1 saturated carbocycles. The van der Waals surface area contributed by atoms with Crippen LogP contribution < -0.4 is 10.6 Å². The summed E-state index contributed by atoms with van der Waals surface area (Å²) >= 11 is 0. The molecule has 4 heterocycles. The lowest BCUT2D eigenvalue weighted by atomic mass is 9.78. The molecule has 46 heavy (non-hydrogen) atoms. The molecule has 230 valence electrons. The van der Waals surface area contributed by atoms with Crippen LogP contribution >= 0.6 is 0 Å². The van der Waals surface area contributed by atoms with Crippen LogP contribution in [0.3, 0.4) is 0 Å². The van der Waals surface area contributed by atoms with Crippen LogP contribution in [0, 0.1) is 5.92 Å². The molecule has 2 unspecified atom stereocenters. The Morgan fingerprint density at radius 3 is 2.61 bits per heavy atom. The number of halogens is 3. The topological polar surface area (TPSA) is 146 Å². The number of Topliss-reactive ketones (excluding diaryl/α,β-unsaturated/α-hetero) is 2. The highest BCUT2D eigenvalue weighted by atomic mass is 19.4. The van der Waals surface area contributed by atoms with Crippen molar-refractivity contribution in [3.05, 3.63) is 106 Å². The Hall–Kier alpha value is -5.72. The summed E-state index contributed by atoms with van der Waals surface area (Å²) in [6, 6.07) is 15.6. The SMILES string of the molecule is COC(=O)c1c(C(F)(F)F)[nH]c2c1C13CC1CNC3=C(C(=O)c1cc3cc(NC(=O)c4cnc5ccccc5c4)ccc3[nH]1)C2=O. The first-order valence-electron chi connectivity index (χ1n) is 14.3. The van der Waals surface area contributed by atoms with Crippen molar-refractivity contribution in [3.8, 4) is 0 Å². The van der Waals surface area contributed by atoms with Crippen molar-refractivity contribution in [1.29, 1.82) is 0 Å². The minimum atomic E-state index is -4.98. The molecule has 0 radical (unpaired) electrons. The minimum Gasteiger partial charge on any atom is -0.465 e. The highest BCUT2D eigenvalue weighted by molar-refractivity contribution is 6.33. The number of allylic oxidation sites excluding steroid dienone is 2. The third-order valence-electron chi connectivity index (χ3n) is 9.10. The van der Waals surface area contributed by atoms with Gasteiger partial charge in [0, 0.05) is 51.4 Å². The lowest BCUT2D eigenvalue weighted by Gasteiger charge is -2.26. The maximum absolute atomic E-state index is 14.1. The van der Waals surface area contributed by atoms with E-state index in [0.29, 0.717) is 35.1 Å². The Bertz CT molecular complexity index is 2250. The normalized spacial score (nSPS) is 19.8. The number of amides is 1. The average Bonchev–Trinajstić information content (AvgIpc) is 3.34. The number of hydrogen-bond donors (Lipinski definition) is 4. The van der Waals surface area contributed by atoms with Crippen LogP contribution in [-0.4, -0.2) is 52.0 Å². The molecule has 1 amide bonds. The Kier molecular flexibility index (Phi) is 5.68. The first-order chi connectivity index (χ1) is 22.0. The number of pyridine rings is 1. The molecule has 2 aromatic carbocycles. The zero-order valence-corrected chi connectivity index (χ0v) is 23.9. The van der Waals surface area contributed by atoms with E-state index in [-0.39, 0.29) is 34.4 Å². The van der Waals surface area contributed by atoms with E-state index in [9.17, 15) is 32.3 Å². The third kappa shape index (κ3) is 3.87. The van der Waals surface area contributed by atoms with Gasteiger partial charge in [0.1, 0.15) is 5.69 Å². The fourth-order valence-corrected chi connectivity index (χ4v) is 6.96. The van der Waals surface area contributed by atoms with E-state index in [0.717, 1.165) is 18.0 Å². The van der Waals surface area contributed by atoms with E-state index in [1.165, 1.54) is 12.3 Å². The fourth-order valence-electron chi connectivity index (χ4n) is 6.96. The summed E-state index contributed by atoms with van der Waals surface area (Å²) in [6.45, 7) is 0.328. The van der Waals surface area contributed by atoms with Gasteiger partial charge in [-0.15, -0.1) is 0 Å². The zero-order valence-electron chi connectivity index (χ0n) is 23.9. The number of para-hydroxylation sites is 1. The number of piperidine rings is 1. The summed E-state index contributed by atoms with van der Waals surface area (Å²) in [7, 11) is 0.973. The molecular weight excluding hydrogens is 603 g/mol. The predicted octanol–water partition coefficient (Wildman–Crippen LogP) is 5.30. The number of ether oxygens (including phenoxy) is 1. The van der Waals surface area contributed by atoms with Crippen LogP contribution in [0.2, 0.25) is 0 Å². The predicted molar refractivity (Wildman–Crippen MR) is 159 cm³/mol. The number of hydrogen-bond acceptors (Lipinski definition) is 7. The molecule has 3 aromatic heterocycles. The molecule has 1 saturated heterocycles. The number of esters is 1. The third-order valence-corrected chi connectivity index (χ3v) is 9.10. The van der Waals surface area contributed by atoms with Crippen LogP contribution in [0.15, 0.2) is 72.1 Å².